The lowest BCUT2D eigenvalue weighted by molar-refractivity contribution is -0.0516. The van der Waals surface area contributed by atoms with Crippen molar-refractivity contribution in [3.8, 4) is 17.2 Å². The van der Waals surface area contributed by atoms with Gasteiger partial charge in [-0.1, -0.05) is 23.2 Å². The van der Waals surface area contributed by atoms with E-state index in [2.05, 4.69) is 9.73 Å². The normalized spacial score (nSPS) is 13.3. The van der Waals surface area contributed by atoms with Crippen LogP contribution in [-0.4, -0.2) is 36.2 Å². The molecule has 0 radical (unpaired) electrons. The molecule has 29 heavy (non-hydrogen) atoms. The number of rotatable bonds is 7. The molecule has 3 rings (SSSR count). The second kappa shape index (κ2) is 8.87. The van der Waals surface area contributed by atoms with Crippen molar-refractivity contribution in [2.75, 3.05) is 13.7 Å². The first-order valence-electron chi connectivity index (χ1n) is 8.44. The van der Waals surface area contributed by atoms with Crippen molar-refractivity contribution in [1.29, 1.82) is 0 Å². The predicted octanol–water partition coefficient (Wildman–Crippen LogP) is 4.17. The van der Waals surface area contributed by atoms with Gasteiger partial charge in [-0.05, 0) is 30.9 Å². The first-order valence-corrected chi connectivity index (χ1v) is 9.20. The Morgan fingerprint density at radius 3 is 2.48 bits per heavy atom. The Balaban J connectivity index is 2.05. The predicted molar refractivity (Wildman–Crippen MR) is 99.4 cm³/mol. The molecule has 0 atom stereocenters. The Labute approximate surface area is 174 Å². The third kappa shape index (κ3) is 5.10. The van der Waals surface area contributed by atoms with Crippen LogP contribution in [0.2, 0.25) is 10.0 Å². The second-order valence-corrected chi connectivity index (χ2v) is 7.02. The van der Waals surface area contributed by atoms with Gasteiger partial charge in [-0.2, -0.15) is 13.5 Å². The number of aromatic nitrogens is 1. The Kier molecular flexibility index (Phi) is 6.49. The summed E-state index contributed by atoms with van der Waals surface area (Å²) in [6, 6.07) is 2.40. The lowest BCUT2D eigenvalue weighted by atomic mass is 10.1. The summed E-state index contributed by atoms with van der Waals surface area (Å²) in [6.07, 6.45) is 4.13. The third-order valence-electron chi connectivity index (χ3n) is 4.04. The summed E-state index contributed by atoms with van der Waals surface area (Å²) in [7, 11) is 1.26. The van der Waals surface area contributed by atoms with Crippen molar-refractivity contribution in [1.82, 2.24) is 4.73 Å². The Morgan fingerprint density at radius 2 is 1.93 bits per heavy atom. The molecule has 2 aromatic rings. The van der Waals surface area contributed by atoms with Crippen LogP contribution in [0.5, 0.6) is 17.2 Å². The molecular formula is C18H16Cl2F2N2O5. The van der Waals surface area contributed by atoms with Gasteiger partial charge in [-0.3, -0.25) is 4.79 Å². The molecule has 1 heterocycles. The molecule has 156 valence electrons. The molecule has 0 spiro atoms. The number of hydrogen-bond donors (Lipinski definition) is 1. The first kappa shape index (κ1) is 21.2. The molecule has 1 aromatic carbocycles. The average molecular weight is 449 g/mol. The summed E-state index contributed by atoms with van der Waals surface area (Å²) >= 11 is 11.9. The van der Waals surface area contributed by atoms with Crippen molar-refractivity contribution in [3.05, 3.63) is 45.5 Å². The molecule has 0 unspecified atom stereocenters. The van der Waals surface area contributed by atoms with Crippen molar-refractivity contribution < 1.29 is 33.0 Å². The Bertz CT molecular complexity index is 967. The standard InChI is InChI=1S/C18H16Cl2F2N2O5/c1-27-15-10(17(25)23-14-11(19)6-24(26)7-12(14)20)4-5-13(29-18(21)22)16(15)28-8-9-2-3-9/h4-7,9,18,26H,2-3,8H2,1H3. The number of nitrogens with zero attached hydrogens (tertiary/aromatic N) is 2. The molecule has 7 nitrogen and oxygen atoms in total. The molecule has 1 amide bonds. The van der Waals surface area contributed by atoms with Crippen molar-refractivity contribution in [3.63, 3.8) is 0 Å². The van der Waals surface area contributed by atoms with Gasteiger partial charge in [0.2, 0.25) is 5.75 Å². The number of alkyl halides is 2. The van der Waals surface area contributed by atoms with Crippen LogP contribution in [0, 0.1) is 5.92 Å². The van der Waals surface area contributed by atoms with E-state index in [1.807, 2.05) is 0 Å². The van der Waals surface area contributed by atoms with E-state index in [1.54, 1.807) is 0 Å². The smallest absolute Gasteiger partial charge is 0.387 e. The van der Waals surface area contributed by atoms with Crippen LogP contribution in [0.15, 0.2) is 29.5 Å². The van der Waals surface area contributed by atoms with E-state index in [0.29, 0.717) is 10.6 Å². The van der Waals surface area contributed by atoms with Gasteiger partial charge in [0.15, 0.2) is 11.5 Å². The molecule has 0 saturated heterocycles. The van der Waals surface area contributed by atoms with Crippen LogP contribution < -0.4 is 19.6 Å². The van der Waals surface area contributed by atoms with Crippen LogP contribution in [-0.2, 0) is 0 Å². The molecule has 11 heteroatoms. The highest BCUT2D eigenvalue weighted by atomic mass is 35.5. The molecule has 0 bridgehead atoms. The minimum absolute atomic E-state index is 0.0622. The van der Waals surface area contributed by atoms with E-state index in [0.717, 1.165) is 25.2 Å². The summed E-state index contributed by atoms with van der Waals surface area (Å²) < 4.78 is 41.5. The lowest BCUT2D eigenvalue weighted by Gasteiger charge is -2.17. The minimum Gasteiger partial charge on any atom is -0.492 e. The van der Waals surface area contributed by atoms with Crippen LogP contribution in [0.3, 0.4) is 0 Å². The fraction of sp³-hybridized carbons (Fsp3) is 0.333. The Hall–Kier alpha value is -2.52. The summed E-state index contributed by atoms with van der Waals surface area (Å²) in [5, 5.41) is 9.19. The van der Waals surface area contributed by atoms with Crippen molar-refractivity contribution >= 4 is 29.1 Å². The van der Waals surface area contributed by atoms with E-state index in [9.17, 15) is 18.8 Å². The molecule has 0 aliphatic heterocycles. The zero-order valence-electron chi connectivity index (χ0n) is 15.1. The lowest BCUT2D eigenvalue weighted by Crippen LogP contribution is -2.14. The van der Waals surface area contributed by atoms with Gasteiger partial charge in [0.05, 0.1) is 41.7 Å². The minimum atomic E-state index is -3.08. The number of hydrogen-bond acceptors (Lipinski definition) is 5. The fourth-order valence-electron chi connectivity index (χ4n) is 2.50. The summed E-state index contributed by atoms with van der Waals surface area (Å²) in [5.74, 6) is -0.959. The zero-order chi connectivity index (χ0) is 21.1. The number of carbonyl (C=O) groups excluding carboxylic acids is 1. The topological polar surface area (TPSA) is 82.3 Å². The number of ether oxygens (including phenoxy) is 3. The molecule has 1 saturated carbocycles. The molecule has 1 fully saturated rings. The quantitative estimate of drug-likeness (QED) is 0.642. The molecule has 1 aromatic heterocycles. The highest BCUT2D eigenvalue weighted by Crippen LogP contribution is 2.42. The maximum Gasteiger partial charge on any atom is 0.387 e. The van der Waals surface area contributed by atoms with Crippen molar-refractivity contribution in [2.24, 2.45) is 10.9 Å². The van der Waals surface area contributed by atoms with Gasteiger partial charge in [-0.25, -0.2) is 4.99 Å². The van der Waals surface area contributed by atoms with Crippen LogP contribution >= 0.6 is 23.2 Å². The number of halogens is 4. The van der Waals surface area contributed by atoms with Crippen LogP contribution in [0.4, 0.5) is 8.78 Å². The Morgan fingerprint density at radius 1 is 1.28 bits per heavy atom. The van der Waals surface area contributed by atoms with E-state index >= 15 is 0 Å². The van der Waals surface area contributed by atoms with E-state index < -0.39 is 12.5 Å². The number of amides is 1. The van der Waals surface area contributed by atoms with Crippen molar-refractivity contribution in [2.45, 2.75) is 19.5 Å². The molecular weight excluding hydrogens is 433 g/mol. The maximum atomic E-state index is 12.8. The van der Waals surface area contributed by atoms with Gasteiger partial charge >= 0.3 is 6.61 Å². The summed E-state index contributed by atoms with van der Waals surface area (Å²) in [4.78, 5) is 16.6. The SMILES string of the molecule is COc1c(C(=O)N=c2c(Cl)cn(O)cc2Cl)ccc(OC(F)F)c1OCC1CC1. The molecule has 1 aliphatic carbocycles. The highest BCUT2D eigenvalue weighted by Gasteiger charge is 2.27. The van der Waals surface area contributed by atoms with Crippen LogP contribution in [0.1, 0.15) is 23.2 Å². The summed E-state index contributed by atoms with van der Waals surface area (Å²) in [5.41, 5.74) is -0.0622. The van der Waals surface area contributed by atoms with Gasteiger partial charge in [-0.15, -0.1) is 0 Å². The average Bonchev–Trinajstić information content (AvgIpc) is 3.46. The number of pyridine rings is 1. The summed E-state index contributed by atoms with van der Waals surface area (Å²) in [6.45, 7) is -2.81. The van der Waals surface area contributed by atoms with E-state index in [-0.39, 0.29) is 44.8 Å². The van der Waals surface area contributed by atoms with Gasteiger partial charge in [0.25, 0.3) is 5.91 Å². The van der Waals surface area contributed by atoms with E-state index in [4.69, 9.17) is 32.7 Å². The van der Waals surface area contributed by atoms with Gasteiger partial charge in [0.1, 0.15) is 5.36 Å². The second-order valence-electron chi connectivity index (χ2n) is 6.21. The van der Waals surface area contributed by atoms with Gasteiger partial charge < -0.3 is 19.4 Å². The number of carbonyl (C=O) groups is 1. The zero-order valence-corrected chi connectivity index (χ0v) is 16.6. The monoisotopic (exact) mass is 448 g/mol. The largest absolute Gasteiger partial charge is 0.492 e. The number of methoxy groups -OCH3 is 1. The number of benzene rings is 1. The van der Waals surface area contributed by atoms with Gasteiger partial charge in [0, 0.05) is 0 Å². The maximum absolute atomic E-state index is 12.8. The fourth-order valence-corrected chi connectivity index (χ4v) is 3.04. The third-order valence-corrected chi connectivity index (χ3v) is 4.60. The van der Waals surface area contributed by atoms with E-state index in [1.165, 1.54) is 19.2 Å². The first-order chi connectivity index (χ1) is 13.8. The molecule has 1 N–H and O–H groups in total. The van der Waals surface area contributed by atoms with Crippen LogP contribution in [0.25, 0.3) is 0 Å². The highest BCUT2D eigenvalue weighted by molar-refractivity contribution is 6.34. The molecule has 1 aliphatic rings.